The fraction of sp³-hybridized carbons (Fsp3) is 0.429. The Hall–Kier alpha value is -4.11. The summed E-state index contributed by atoms with van der Waals surface area (Å²) in [6.45, 7) is 1.87. The van der Waals surface area contributed by atoms with Gasteiger partial charge in [-0.1, -0.05) is 19.3 Å². The summed E-state index contributed by atoms with van der Waals surface area (Å²) in [5.74, 6) is -1.92. The van der Waals surface area contributed by atoms with Crippen molar-refractivity contribution in [3.63, 3.8) is 0 Å². The van der Waals surface area contributed by atoms with Crippen LogP contribution < -0.4 is 16.0 Å². The van der Waals surface area contributed by atoms with E-state index in [1.54, 1.807) is 6.92 Å². The molecule has 0 bridgehead atoms. The van der Waals surface area contributed by atoms with Gasteiger partial charge in [0.25, 0.3) is 0 Å². The molecule has 0 spiro atoms. The molecule has 0 aliphatic heterocycles. The summed E-state index contributed by atoms with van der Waals surface area (Å²) in [5.41, 5.74) is -1.04. The number of hydrogen-bond acceptors (Lipinski definition) is 10. The Balaban J connectivity index is 1.94. The van der Waals surface area contributed by atoms with E-state index in [4.69, 9.17) is 9.47 Å². The average molecular weight is 621 g/mol. The lowest BCUT2D eigenvalue weighted by Crippen LogP contribution is -2.30. The predicted octanol–water partition coefficient (Wildman–Crippen LogP) is 5.42. The van der Waals surface area contributed by atoms with Crippen molar-refractivity contribution in [2.75, 3.05) is 26.1 Å². The molecule has 3 heterocycles. The molecule has 43 heavy (non-hydrogen) atoms. The summed E-state index contributed by atoms with van der Waals surface area (Å²) in [7, 11) is 2.28. The zero-order valence-electron chi connectivity index (χ0n) is 23.8. The van der Waals surface area contributed by atoms with Gasteiger partial charge in [0.05, 0.1) is 24.7 Å². The van der Waals surface area contributed by atoms with Gasteiger partial charge in [0.15, 0.2) is 5.69 Å². The third-order valence-electron chi connectivity index (χ3n) is 6.84. The summed E-state index contributed by atoms with van der Waals surface area (Å²) in [5, 5.41) is 8.05. The van der Waals surface area contributed by atoms with Crippen molar-refractivity contribution >= 4 is 35.1 Å². The van der Waals surface area contributed by atoms with Gasteiger partial charge < -0.3 is 20.1 Å². The molecule has 0 atom stereocenters. The number of ether oxygens (including phenoxy) is 2. The molecule has 230 valence electrons. The highest BCUT2D eigenvalue weighted by Crippen LogP contribution is 2.43. The number of pyridine rings is 2. The number of methoxy groups -OCH3 is 2. The highest BCUT2D eigenvalue weighted by Gasteiger charge is 2.39. The molecule has 0 radical (unpaired) electrons. The highest BCUT2D eigenvalue weighted by atomic mass is 32.1. The number of nitrogens with zero attached hydrogens (tertiary/aromatic N) is 3. The van der Waals surface area contributed by atoms with Crippen molar-refractivity contribution in [1.82, 2.24) is 25.6 Å². The van der Waals surface area contributed by atoms with Gasteiger partial charge in [0, 0.05) is 54.4 Å². The fourth-order valence-corrected chi connectivity index (χ4v) is 5.92. The van der Waals surface area contributed by atoms with Gasteiger partial charge in [-0.25, -0.2) is 24.4 Å². The lowest BCUT2D eigenvalue weighted by Gasteiger charge is -2.22. The van der Waals surface area contributed by atoms with Crippen LogP contribution >= 0.6 is 11.3 Å². The van der Waals surface area contributed by atoms with Gasteiger partial charge in [-0.3, -0.25) is 10.3 Å². The molecule has 3 N–H and O–H groups in total. The average Bonchev–Trinajstić information content (AvgIpc) is 3.44. The third kappa shape index (κ3) is 7.46. The first kappa shape index (κ1) is 31.8. The van der Waals surface area contributed by atoms with Crippen LogP contribution in [0.25, 0.3) is 21.7 Å². The van der Waals surface area contributed by atoms with Crippen molar-refractivity contribution < 1.29 is 37.0 Å². The number of anilines is 1. The van der Waals surface area contributed by atoms with Gasteiger partial charge >= 0.3 is 24.1 Å². The molecule has 3 aromatic heterocycles. The fourth-order valence-electron chi connectivity index (χ4n) is 4.82. The van der Waals surface area contributed by atoms with Crippen LogP contribution in [-0.4, -0.2) is 59.7 Å². The van der Waals surface area contributed by atoms with E-state index >= 15 is 0 Å². The first-order valence-electron chi connectivity index (χ1n) is 13.6. The second kappa shape index (κ2) is 13.9. The monoisotopic (exact) mass is 620 g/mol. The molecule has 1 aliphatic rings. The van der Waals surface area contributed by atoms with E-state index in [0.29, 0.717) is 0 Å². The zero-order valence-corrected chi connectivity index (χ0v) is 24.6. The molecule has 11 nitrogen and oxygen atoms in total. The molecule has 0 saturated heterocycles. The Morgan fingerprint density at radius 1 is 1.05 bits per heavy atom. The van der Waals surface area contributed by atoms with Crippen molar-refractivity contribution in [3.05, 3.63) is 46.4 Å². The SMILES string of the molecule is CCNC(=O)Nc1ncc(-c2cncc(C(=O)OC)c2)c(-c2nc(C(F)(F)F)c(CNC3CCCCC3)s2)c1C(=O)OC. The third-order valence-corrected chi connectivity index (χ3v) is 7.92. The van der Waals surface area contributed by atoms with Crippen molar-refractivity contribution in [2.45, 2.75) is 57.8 Å². The van der Waals surface area contributed by atoms with Gasteiger partial charge in [0.1, 0.15) is 16.4 Å². The minimum Gasteiger partial charge on any atom is -0.465 e. The van der Waals surface area contributed by atoms with Crippen LogP contribution in [0.1, 0.15) is 70.3 Å². The largest absolute Gasteiger partial charge is 0.465 e. The lowest BCUT2D eigenvalue weighted by atomic mass is 9.95. The molecule has 1 saturated carbocycles. The minimum absolute atomic E-state index is 0.0579. The Morgan fingerprint density at radius 2 is 1.77 bits per heavy atom. The first-order chi connectivity index (χ1) is 20.6. The van der Waals surface area contributed by atoms with E-state index < -0.39 is 29.8 Å². The van der Waals surface area contributed by atoms with Crippen LogP contribution in [0.4, 0.5) is 23.8 Å². The second-order valence-electron chi connectivity index (χ2n) is 9.70. The molecule has 3 aromatic rings. The summed E-state index contributed by atoms with van der Waals surface area (Å²) in [4.78, 5) is 50.1. The van der Waals surface area contributed by atoms with Crippen LogP contribution in [0.15, 0.2) is 24.7 Å². The van der Waals surface area contributed by atoms with Gasteiger partial charge in [-0.05, 0) is 25.8 Å². The number of rotatable bonds is 9. The number of hydrogen-bond donors (Lipinski definition) is 3. The Morgan fingerprint density at radius 3 is 2.42 bits per heavy atom. The van der Waals surface area contributed by atoms with E-state index in [0.717, 1.165) is 50.6 Å². The van der Waals surface area contributed by atoms with Crippen LogP contribution in [-0.2, 0) is 22.2 Å². The highest BCUT2D eigenvalue weighted by molar-refractivity contribution is 7.15. The molecule has 2 amide bonds. The van der Waals surface area contributed by atoms with Gasteiger partial charge in [0.2, 0.25) is 0 Å². The quantitative estimate of drug-likeness (QED) is 0.267. The number of urea groups is 1. The van der Waals surface area contributed by atoms with Crippen molar-refractivity contribution in [1.29, 1.82) is 0 Å². The number of amides is 2. The molecule has 0 unspecified atom stereocenters. The zero-order chi connectivity index (χ0) is 31.1. The van der Waals surface area contributed by atoms with E-state index in [-0.39, 0.29) is 62.7 Å². The molecule has 1 fully saturated rings. The van der Waals surface area contributed by atoms with E-state index in [1.807, 2.05) is 0 Å². The maximum Gasteiger partial charge on any atom is 0.434 e. The van der Waals surface area contributed by atoms with E-state index in [1.165, 1.54) is 31.8 Å². The number of nitrogens with one attached hydrogen (secondary N) is 3. The maximum absolute atomic E-state index is 14.3. The molecule has 0 aromatic carbocycles. The number of carbonyl (C=O) groups is 3. The molecule has 15 heteroatoms. The van der Waals surface area contributed by atoms with E-state index in [9.17, 15) is 27.6 Å². The Kier molecular flexibility index (Phi) is 10.3. The smallest absolute Gasteiger partial charge is 0.434 e. The number of carbonyl (C=O) groups excluding carboxylic acids is 3. The predicted molar refractivity (Wildman–Crippen MR) is 153 cm³/mol. The number of thiazole rings is 1. The number of alkyl halides is 3. The standard InChI is InChI=1S/C28H31F3N6O5S/c1-4-33-27(40)37-23-21(26(39)42-3)20(18(13-35-23)15-10-16(12-32-11-15)25(38)41-2)24-36-22(28(29,30)31)19(43-24)14-34-17-8-6-5-7-9-17/h10-13,17,34H,4-9,14H2,1-3H3,(H2,33,35,37,40). The summed E-state index contributed by atoms with van der Waals surface area (Å²) < 4.78 is 52.6. The summed E-state index contributed by atoms with van der Waals surface area (Å²) in [6, 6.07) is 0.796. The van der Waals surface area contributed by atoms with Crippen LogP contribution in [0.5, 0.6) is 0 Å². The van der Waals surface area contributed by atoms with Gasteiger partial charge in [-0.2, -0.15) is 13.2 Å². The van der Waals surface area contributed by atoms with Crippen LogP contribution in [0, 0.1) is 0 Å². The summed E-state index contributed by atoms with van der Waals surface area (Å²) >= 11 is 0.762. The normalized spacial score (nSPS) is 13.8. The van der Waals surface area contributed by atoms with Crippen LogP contribution in [0.2, 0.25) is 0 Å². The van der Waals surface area contributed by atoms with E-state index in [2.05, 4.69) is 30.9 Å². The van der Waals surface area contributed by atoms with Crippen LogP contribution in [0.3, 0.4) is 0 Å². The molecule has 4 rings (SSSR count). The Labute approximate surface area is 249 Å². The van der Waals surface area contributed by atoms with Gasteiger partial charge in [-0.15, -0.1) is 11.3 Å². The molecule has 1 aliphatic carbocycles. The van der Waals surface area contributed by atoms with Crippen molar-refractivity contribution in [3.8, 4) is 21.7 Å². The first-order valence-corrected chi connectivity index (χ1v) is 14.4. The minimum atomic E-state index is -4.79. The summed E-state index contributed by atoms with van der Waals surface area (Å²) in [6.07, 6.45) is 3.92. The number of esters is 2. The topological polar surface area (TPSA) is 144 Å². The number of aromatic nitrogens is 3. The Bertz CT molecular complexity index is 1490. The van der Waals surface area contributed by atoms with Crippen molar-refractivity contribution in [2.24, 2.45) is 0 Å². The molecular weight excluding hydrogens is 589 g/mol. The lowest BCUT2D eigenvalue weighted by molar-refractivity contribution is -0.141. The number of halogens is 3. The molecular formula is C28H31F3N6O5S. The second-order valence-corrected chi connectivity index (χ2v) is 10.8. The maximum atomic E-state index is 14.3.